The van der Waals surface area contributed by atoms with Crippen LogP contribution < -0.4 is 27.0 Å². The number of likely N-dealkylation sites (N-methyl/N-ethyl adjacent to an activating group) is 1. The zero-order chi connectivity index (χ0) is 49.5. The number of hydrogen-bond acceptors (Lipinski definition) is 11. The van der Waals surface area contributed by atoms with E-state index in [1.165, 1.54) is 57.8 Å². The number of aliphatic carboxylic acids is 2. The molecular formula is C49H95N6O12+. The summed E-state index contributed by atoms with van der Waals surface area (Å²) in [6.07, 6.45) is 24.6. The van der Waals surface area contributed by atoms with E-state index in [1.54, 1.807) is 0 Å². The highest BCUT2D eigenvalue weighted by Crippen LogP contribution is 2.14. The van der Waals surface area contributed by atoms with E-state index in [1.807, 2.05) is 14.1 Å². The minimum atomic E-state index is -1.15. The lowest BCUT2D eigenvalue weighted by Crippen LogP contribution is -2.50. The molecule has 0 aliphatic heterocycles. The van der Waals surface area contributed by atoms with Crippen molar-refractivity contribution < 1.29 is 62.4 Å². The number of ether oxygens (including phenoxy) is 4. The van der Waals surface area contributed by atoms with Crippen LogP contribution in [0.25, 0.3) is 0 Å². The molecule has 0 aromatic heterocycles. The average Bonchev–Trinajstić information content (AvgIpc) is 3.27. The van der Waals surface area contributed by atoms with Gasteiger partial charge in [-0.15, -0.1) is 0 Å². The van der Waals surface area contributed by atoms with Gasteiger partial charge < -0.3 is 60.6 Å². The number of carbonyl (C=O) groups is 6. The number of carbonyl (C=O) groups excluding carboxylic acids is 4. The van der Waals surface area contributed by atoms with Crippen LogP contribution in [0.2, 0.25) is 0 Å². The Hall–Kier alpha value is -3.42. The Balaban J connectivity index is 3.54. The predicted molar refractivity (Wildman–Crippen MR) is 260 cm³/mol. The number of nitrogens with zero attached hydrogens (tertiary/aromatic N) is 1. The van der Waals surface area contributed by atoms with E-state index in [0.29, 0.717) is 89.9 Å². The van der Waals surface area contributed by atoms with E-state index in [0.717, 1.165) is 83.6 Å². The van der Waals surface area contributed by atoms with Gasteiger partial charge in [0, 0.05) is 52.0 Å². The Morgan fingerprint density at radius 3 is 1.40 bits per heavy atom. The largest absolute Gasteiger partial charge is 0.481 e. The number of nitrogens with one attached hydrogen (secondary N) is 4. The molecule has 0 rings (SSSR count). The van der Waals surface area contributed by atoms with Crippen LogP contribution in [0.1, 0.15) is 167 Å². The van der Waals surface area contributed by atoms with Gasteiger partial charge in [-0.05, 0) is 32.1 Å². The third-order valence-electron chi connectivity index (χ3n) is 11.3. The maximum absolute atomic E-state index is 12.4. The van der Waals surface area contributed by atoms with E-state index >= 15 is 0 Å². The minimum Gasteiger partial charge on any atom is -0.481 e. The van der Waals surface area contributed by atoms with Crippen molar-refractivity contribution in [2.45, 2.75) is 173 Å². The fourth-order valence-corrected chi connectivity index (χ4v) is 7.34. The molecule has 0 saturated carbocycles. The lowest BCUT2D eigenvalue weighted by atomic mass is 10.0. The van der Waals surface area contributed by atoms with Crippen molar-refractivity contribution >= 4 is 35.6 Å². The van der Waals surface area contributed by atoms with E-state index in [4.69, 9.17) is 29.8 Å². The predicted octanol–water partition coefficient (Wildman–Crippen LogP) is 5.23. The minimum absolute atomic E-state index is 0.00295. The maximum Gasteiger partial charge on any atom is 0.326 e. The molecule has 0 aromatic carbocycles. The summed E-state index contributed by atoms with van der Waals surface area (Å²) in [6.45, 7) is 5.95. The molecule has 0 saturated heterocycles. The van der Waals surface area contributed by atoms with Crippen LogP contribution in [0.5, 0.6) is 0 Å². The van der Waals surface area contributed by atoms with Gasteiger partial charge >= 0.3 is 11.9 Å². The highest BCUT2D eigenvalue weighted by Gasteiger charge is 2.21. The molecule has 8 N–H and O–H groups in total. The Labute approximate surface area is 403 Å². The summed E-state index contributed by atoms with van der Waals surface area (Å²) in [4.78, 5) is 70.8. The Kier molecular flexibility index (Phi) is 44.0. The van der Waals surface area contributed by atoms with E-state index in [2.05, 4.69) is 21.3 Å². The van der Waals surface area contributed by atoms with Crippen LogP contribution in [-0.4, -0.2) is 163 Å². The molecule has 18 heteroatoms. The first-order valence-corrected chi connectivity index (χ1v) is 25.7. The summed E-state index contributed by atoms with van der Waals surface area (Å²) in [5, 5.41) is 29.2. The van der Waals surface area contributed by atoms with Gasteiger partial charge in [0.15, 0.2) is 6.54 Å². The fraction of sp³-hybridized carbons (Fsp3) is 0.878. The van der Waals surface area contributed by atoms with E-state index in [-0.39, 0.29) is 55.9 Å². The third-order valence-corrected chi connectivity index (χ3v) is 11.3. The van der Waals surface area contributed by atoms with Gasteiger partial charge in [-0.25, -0.2) is 4.79 Å². The first kappa shape index (κ1) is 63.6. The first-order valence-electron chi connectivity index (χ1n) is 25.7. The summed E-state index contributed by atoms with van der Waals surface area (Å²) < 4.78 is 22.5. The third kappa shape index (κ3) is 47.4. The van der Waals surface area contributed by atoms with Crippen molar-refractivity contribution in [1.29, 1.82) is 0 Å². The van der Waals surface area contributed by atoms with Gasteiger partial charge in [0.05, 0.1) is 60.3 Å². The molecule has 1 unspecified atom stereocenters. The summed E-state index contributed by atoms with van der Waals surface area (Å²) >= 11 is 0. The van der Waals surface area contributed by atoms with Crippen LogP contribution in [0, 0.1) is 0 Å². The Morgan fingerprint density at radius 1 is 0.463 bits per heavy atom. The van der Waals surface area contributed by atoms with Gasteiger partial charge in [0.2, 0.25) is 17.7 Å². The normalized spacial score (nSPS) is 11.9. The molecule has 4 amide bonds. The highest BCUT2D eigenvalue weighted by atomic mass is 16.5. The van der Waals surface area contributed by atoms with Crippen LogP contribution >= 0.6 is 0 Å². The number of unbranched alkanes of at least 4 members (excludes halogenated alkanes) is 20. The Bertz CT molecular complexity index is 1260. The van der Waals surface area contributed by atoms with Crippen LogP contribution in [0.4, 0.5) is 0 Å². The van der Waals surface area contributed by atoms with Gasteiger partial charge in [-0.2, -0.15) is 0 Å². The van der Waals surface area contributed by atoms with Gasteiger partial charge in [-0.1, -0.05) is 116 Å². The molecule has 0 aromatic rings. The lowest BCUT2D eigenvalue weighted by Gasteiger charge is -2.28. The van der Waals surface area contributed by atoms with Crippen molar-refractivity contribution in [3.8, 4) is 0 Å². The maximum atomic E-state index is 12.4. The number of carboxylic acid groups (broad SMARTS) is 2. The summed E-state index contributed by atoms with van der Waals surface area (Å²) in [7, 11) is 3.93. The van der Waals surface area contributed by atoms with Crippen molar-refractivity contribution in [2.24, 2.45) is 5.73 Å². The molecule has 0 aliphatic rings. The molecule has 0 aliphatic carbocycles. The second-order valence-electron chi connectivity index (χ2n) is 18.2. The number of hydrogen-bond donors (Lipinski definition) is 7. The molecule has 18 nitrogen and oxygen atoms in total. The van der Waals surface area contributed by atoms with E-state index in [9.17, 15) is 33.9 Å². The fourth-order valence-electron chi connectivity index (χ4n) is 7.34. The molecule has 0 heterocycles. The number of rotatable bonds is 51. The van der Waals surface area contributed by atoms with Gasteiger partial charge in [0.25, 0.3) is 5.91 Å². The second-order valence-corrected chi connectivity index (χ2v) is 18.2. The molecular weight excluding hydrogens is 865 g/mol. The molecule has 1 atom stereocenters. The van der Waals surface area contributed by atoms with Crippen molar-refractivity contribution in [3.05, 3.63) is 0 Å². The van der Waals surface area contributed by atoms with E-state index < -0.39 is 18.0 Å². The lowest BCUT2D eigenvalue weighted by molar-refractivity contribution is -0.881. The SMILES string of the molecule is C[N+](C)(CCN)CC(=O)NCCOCCOCC(=O)NCCCCCCCCCCOCCOCCNC(=O)CCC(NC(=O)CCCCCCCCCCCCCCCCC(=O)O)C(=O)O. The molecule has 67 heavy (non-hydrogen) atoms. The molecule has 0 fully saturated rings. The number of amides is 4. The van der Waals surface area contributed by atoms with Crippen molar-refractivity contribution in [2.75, 3.05) is 106 Å². The number of quaternary nitrogens is 1. The Morgan fingerprint density at radius 2 is 0.896 bits per heavy atom. The van der Waals surface area contributed by atoms with Crippen LogP contribution in [-0.2, 0) is 47.7 Å². The standard InChI is InChI=1S/C49H94N6O12/c1-55(2,33-29-50)41-46(58)53-32-36-66-39-40-67-42-47(59)51-30-23-19-15-11-12-16-20-24-34-64-37-38-65-35-31-52-44(56)28-27-43(49(62)63)54-45(57)25-21-17-13-9-7-5-3-4-6-8-10-14-18-22-26-48(60)61/h43H,3-42,50H2,1-2H3,(H5-,51,52,53,54,56,57,58,59,60,61,62,63)/p+1. The zero-order valence-electron chi connectivity index (χ0n) is 41.9. The summed E-state index contributed by atoms with van der Waals surface area (Å²) in [6, 6.07) is -1.10. The smallest absolute Gasteiger partial charge is 0.326 e. The zero-order valence-corrected chi connectivity index (χ0v) is 41.9. The van der Waals surface area contributed by atoms with Crippen molar-refractivity contribution in [3.63, 3.8) is 0 Å². The van der Waals surface area contributed by atoms with Crippen LogP contribution in [0.3, 0.4) is 0 Å². The highest BCUT2D eigenvalue weighted by molar-refractivity contribution is 5.84. The van der Waals surface area contributed by atoms with Gasteiger partial charge in [0.1, 0.15) is 12.6 Å². The summed E-state index contributed by atoms with van der Waals surface area (Å²) in [5.74, 6) is -2.61. The second kappa shape index (κ2) is 46.3. The molecule has 0 bridgehead atoms. The monoisotopic (exact) mass is 960 g/mol. The quantitative estimate of drug-likeness (QED) is 0.0305. The number of carboxylic acids is 2. The van der Waals surface area contributed by atoms with Gasteiger partial charge in [-0.3, -0.25) is 24.0 Å². The first-order chi connectivity index (χ1) is 32.4. The molecule has 392 valence electrons. The molecule has 0 radical (unpaired) electrons. The van der Waals surface area contributed by atoms with Crippen molar-refractivity contribution in [1.82, 2.24) is 21.3 Å². The average molecular weight is 960 g/mol. The number of nitrogens with two attached hydrogens (primary N) is 1. The summed E-state index contributed by atoms with van der Waals surface area (Å²) in [5.41, 5.74) is 5.58. The van der Waals surface area contributed by atoms with Crippen LogP contribution in [0.15, 0.2) is 0 Å². The molecule has 0 spiro atoms. The topological polar surface area (TPSA) is 254 Å².